The summed E-state index contributed by atoms with van der Waals surface area (Å²) in [4.78, 5) is 0. The molecule has 0 aromatic heterocycles. The lowest BCUT2D eigenvalue weighted by molar-refractivity contribution is 0.204. The summed E-state index contributed by atoms with van der Waals surface area (Å²) in [5.74, 6) is 3.12. The minimum absolute atomic E-state index is 0.831. The third-order valence-corrected chi connectivity index (χ3v) is 4.53. The molecule has 0 spiro atoms. The highest BCUT2D eigenvalue weighted by molar-refractivity contribution is 4.86. The minimum Gasteiger partial charge on any atom is -0.317 e. The molecule has 0 amide bonds. The van der Waals surface area contributed by atoms with Gasteiger partial charge in [-0.25, -0.2) is 0 Å². The monoisotopic (exact) mass is 195 g/mol. The molecule has 0 saturated heterocycles. The molecule has 0 aromatic carbocycles. The molecule has 2 rings (SSSR count). The van der Waals surface area contributed by atoms with E-state index in [0.29, 0.717) is 0 Å². The van der Waals surface area contributed by atoms with Crippen LogP contribution in [0.1, 0.15) is 51.9 Å². The molecular formula is C13H25N. The van der Waals surface area contributed by atoms with E-state index in [1.54, 1.807) is 0 Å². The maximum atomic E-state index is 3.44. The Morgan fingerprint density at radius 1 is 0.929 bits per heavy atom. The Balaban J connectivity index is 1.83. The highest BCUT2D eigenvalue weighted by Gasteiger charge is 2.32. The molecule has 82 valence electrons. The van der Waals surface area contributed by atoms with Crippen molar-refractivity contribution in [2.45, 2.75) is 57.9 Å². The van der Waals surface area contributed by atoms with Crippen LogP contribution in [0.15, 0.2) is 0 Å². The number of hydrogen-bond acceptors (Lipinski definition) is 1. The van der Waals surface area contributed by atoms with Gasteiger partial charge in [-0.1, -0.05) is 26.2 Å². The Morgan fingerprint density at radius 3 is 2.36 bits per heavy atom. The Kier molecular flexibility index (Phi) is 3.48. The van der Waals surface area contributed by atoms with Crippen LogP contribution in [0.2, 0.25) is 0 Å². The molecular weight excluding hydrogens is 170 g/mol. The maximum absolute atomic E-state index is 3.44. The third kappa shape index (κ3) is 2.31. The molecule has 2 aliphatic rings. The fourth-order valence-electron chi connectivity index (χ4n) is 3.62. The zero-order chi connectivity index (χ0) is 9.97. The number of nitrogens with one attached hydrogen (secondary N) is 1. The standard InChI is InChI=1S/C13H25N/c1-10-4-3-5-11(8-10)12-6-7-13(9-12)14-2/h10-14H,3-9H2,1-2H3. The highest BCUT2D eigenvalue weighted by atomic mass is 14.9. The zero-order valence-corrected chi connectivity index (χ0v) is 9.76. The molecule has 1 heteroatoms. The summed E-state index contributed by atoms with van der Waals surface area (Å²) in [6.07, 6.45) is 10.4. The summed E-state index contributed by atoms with van der Waals surface area (Å²) in [6, 6.07) is 0.831. The van der Waals surface area contributed by atoms with Gasteiger partial charge in [-0.3, -0.25) is 0 Å². The van der Waals surface area contributed by atoms with Gasteiger partial charge in [-0.15, -0.1) is 0 Å². The summed E-state index contributed by atoms with van der Waals surface area (Å²) < 4.78 is 0. The largest absolute Gasteiger partial charge is 0.317 e. The fraction of sp³-hybridized carbons (Fsp3) is 1.00. The van der Waals surface area contributed by atoms with Gasteiger partial charge in [0.25, 0.3) is 0 Å². The lowest BCUT2D eigenvalue weighted by Crippen LogP contribution is -2.24. The fourth-order valence-corrected chi connectivity index (χ4v) is 3.62. The second kappa shape index (κ2) is 4.65. The van der Waals surface area contributed by atoms with E-state index in [0.717, 1.165) is 23.8 Å². The molecule has 0 bridgehead atoms. The van der Waals surface area contributed by atoms with Gasteiger partial charge in [0.05, 0.1) is 0 Å². The van der Waals surface area contributed by atoms with Crippen LogP contribution in [-0.4, -0.2) is 13.1 Å². The third-order valence-electron chi connectivity index (χ3n) is 4.53. The van der Waals surface area contributed by atoms with Crippen molar-refractivity contribution in [3.8, 4) is 0 Å². The van der Waals surface area contributed by atoms with Gasteiger partial charge in [0.2, 0.25) is 0 Å². The SMILES string of the molecule is CNC1CCC(C2CCCC(C)C2)C1. The van der Waals surface area contributed by atoms with Crippen molar-refractivity contribution in [1.29, 1.82) is 0 Å². The Morgan fingerprint density at radius 2 is 1.71 bits per heavy atom. The van der Waals surface area contributed by atoms with Crippen LogP contribution in [0.25, 0.3) is 0 Å². The van der Waals surface area contributed by atoms with Gasteiger partial charge in [-0.05, 0) is 50.5 Å². The Hall–Kier alpha value is -0.0400. The predicted octanol–water partition coefficient (Wildman–Crippen LogP) is 3.20. The van der Waals surface area contributed by atoms with Crippen LogP contribution in [0.4, 0.5) is 0 Å². The quantitative estimate of drug-likeness (QED) is 0.713. The van der Waals surface area contributed by atoms with Crippen LogP contribution in [0.3, 0.4) is 0 Å². The van der Waals surface area contributed by atoms with Crippen LogP contribution in [0.5, 0.6) is 0 Å². The van der Waals surface area contributed by atoms with E-state index in [2.05, 4.69) is 19.3 Å². The molecule has 0 heterocycles. The van der Waals surface area contributed by atoms with E-state index in [1.165, 1.54) is 44.9 Å². The molecule has 0 radical (unpaired) electrons. The highest BCUT2D eigenvalue weighted by Crippen LogP contribution is 2.40. The Bertz CT molecular complexity index is 178. The van der Waals surface area contributed by atoms with Gasteiger partial charge in [0.1, 0.15) is 0 Å². The first-order valence-electron chi connectivity index (χ1n) is 6.47. The first-order valence-corrected chi connectivity index (χ1v) is 6.47. The molecule has 4 unspecified atom stereocenters. The van der Waals surface area contributed by atoms with E-state index in [-0.39, 0.29) is 0 Å². The molecule has 1 nitrogen and oxygen atoms in total. The van der Waals surface area contributed by atoms with Crippen molar-refractivity contribution in [2.24, 2.45) is 17.8 Å². The summed E-state index contributed by atoms with van der Waals surface area (Å²) >= 11 is 0. The zero-order valence-electron chi connectivity index (χ0n) is 9.76. The van der Waals surface area contributed by atoms with Gasteiger partial charge in [0.15, 0.2) is 0 Å². The van der Waals surface area contributed by atoms with Crippen molar-refractivity contribution in [3.05, 3.63) is 0 Å². The molecule has 2 fully saturated rings. The van der Waals surface area contributed by atoms with Crippen molar-refractivity contribution in [3.63, 3.8) is 0 Å². The first kappa shape index (κ1) is 10.5. The average Bonchev–Trinajstić information content (AvgIpc) is 2.66. The smallest absolute Gasteiger partial charge is 0.00669 e. The van der Waals surface area contributed by atoms with E-state index in [4.69, 9.17) is 0 Å². The van der Waals surface area contributed by atoms with E-state index < -0.39 is 0 Å². The predicted molar refractivity (Wildman–Crippen MR) is 61.3 cm³/mol. The van der Waals surface area contributed by atoms with Gasteiger partial charge in [-0.2, -0.15) is 0 Å². The molecule has 0 aliphatic heterocycles. The summed E-state index contributed by atoms with van der Waals surface area (Å²) in [5.41, 5.74) is 0. The van der Waals surface area contributed by atoms with E-state index >= 15 is 0 Å². The minimum atomic E-state index is 0.831. The molecule has 0 aromatic rings. The Labute approximate surface area is 88.7 Å². The molecule has 4 atom stereocenters. The topological polar surface area (TPSA) is 12.0 Å². The van der Waals surface area contributed by atoms with E-state index in [9.17, 15) is 0 Å². The maximum Gasteiger partial charge on any atom is 0.00669 e. The van der Waals surface area contributed by atoms with Crippen LogP contribution >= 0.6 is 0 Å². The number of rotatable bonds is 2. The summed E-state index contributed by atoms with van der Waals surface area (Å²) in [6.45, 7) is 2.44. The summed E-state index contributed by atoms with van der Waals surface area (Å²) in [7, 11) is 2.12. The molecule has 14 heavy (non-hydrogen) atoms. The van der Waals surface area contributed by atoms with E-state index in [1.807, 2.05) is 0 Å². The van der Waals surface area contributed by atoms with Crippen molar-refractivity contribution in [2.75, 3.05) is 7.05 Å². The lowest BCUT2D eigenvalue weighted by atomic mass is 9.75. The van der Waals surface area contributed by atoms with Crippen molar-refractivity contribution in [1.82, 2.24) is 5.32 Å². The second-order valence-electron chi connectivity index (χ2n) is 5.59. The lowest BCUT2D eigenvalue weighted by Gasteiger charge is -2.31. The summed E-state index contributed by atoms with van der Waals surface area (Å²) in [5, 5.41) is 3.44. The molecule has 1 N–H and O–H groups in total. The molecule has 2 aliphatic carbocycles. The molecule has 2 saturated carbocycles. The second-order valence-corrected chi connectivity index (χ2v) is 5.59. The van der Waals surface area contributed by atoms with Crippen LogP contribution in [-0.2, 0) is 0 Å². The van der Waals surface area contributed by atoms with Crippen molar-refractivity contribution >= 4 is 0 Å². The van der Waals surface area contributed by atoms with Gasteiger partial charge in [0, 0.05) is 6.04 Å². The van der Waals surface area contributed by atoms with Crippen molar-refractivity contribution < 1.29 is 0 Å². The van der Waals surface area contributed by atoms with Gasteiger partial charge >= 0.3 is 0 Å². The number of hydrogen-bond donors (Lipinski definition) is 1. The van der Waals surface area contributed by atoms with Crippen LogP contribution < -0.4 is 5.32 Å². The normalized spacial score (nSPS) is 44.1. The first-order chi connectivity index (χ1) is 6.79. The average molecular weight is 195 g/mol. The van der Waals surface area contributed by atoms with Gasteiger partial charge < -0.3 is 5.32 Å². The van der Waals surface area contributed by atoms with Crippen LogP contribution in [0, 0.1) is 17.8 Å².